The van der Waals surface area contributed by atoms with E-state index >= 15 is 0 Å². The van der Waals surface area contributed by atoms with Crippen molar-refractivity contribution in [3.63, 3.8) is 0 Å². The third-order valence-corrected chi connectivity index (χ3v) is 2.10. The van der Waals surface area contributed by atoms with Gasteiger partial charge in [0.15, 0.2) is 5.15 Å². The SMILES string of the molecule is COc1snc(Cl)c1C#N. The summed E-state index contributed by atoms with van der Waals surface area (Å²) in [5, 5.41) is 9.15. The number of hydrogen-bond donors (Lipinski definition) is 0. The van der Waals surface area contributed by atoms with E-state index in [0.29, 0.717) is 10.6 Å². The van der Waals surface area contributed by atoms with Crippen LogP contribution in [0.2, 0.25) is 5.15 Å². The van der Waals surface area contributed by atoms with Crippen LogP contribution >= 0.6 is 23.1 Å². The van der Waals surface area contributed by atoms with Gasteiger partial charge in [0.2, 0.25) is 5.06 Å². The fourth-order valence-corrected chi connectivity index (χ4v) is 1.34. The van der Waals surface area contributed by atoms with Gasteiger partial charge in [-0.1, -0.05) is 11.6 Å². The fraction of sp³-hybridized carbons (Fsp3) is 0.200. The van der Waals surface area contributed by atoms with Crippen molar-refractivity contribution < 1.29 is 4.74 Å². The van der Waals surface area contributed by atoms with E-state index in [9.17, 15) is 0 Å². The van der Waals surface area contributed by atoms with Crippen LogP contribution in [0.15, 0.2) is 0 Å². The molecule has 1 heterocycles. The third kappa shape index (κ3) is 1.06. The Morgan fingerprint density at radius 2 is 2.50 bits per heavy atom. The van der Waals surface area contributed by atoms with Crippen LogP contribution in [-0.4, -0.2) is 11.5 Å². The first kappa shape index (κ1) is 7.32. The molecule has 52 valence electrons. The first-order valence-corrected chi connectivity index (χ1v) is 3.54. The summed E-state index contributed by atoms with van der Waals surface area (Å²) in [4.78, 5) is 0. The average Bonchev–Trinajstić information content (AvgIpc) is 2.30. The van der Waals surface area contributed by atoms with E-state index in [1.165, 1.54) is 7.11 Å². The zero-order valence-electron chi connectivity index (χ0n) is 5.09. The monoisotopic (exact) mass is 174 g/mol. The Balaban J connectivity index is 3.17. The van der Waals surface area contributed by atoms with Gasteiger partial charge >= 0.3 is 0 Å². The van der Waals surface area contributed by atoms with Gasteiger partial charge in [0.25, 0.3) is 0 Å². The second-order valence-corrected chi connectivity index (χ2v) is 2.55. The van der Waals surface area contributed by atoms with Crippen LogP contribution in [-0.2, 0) is 0 Å². The standard InChI is InChI=1S/C5H3ClN2OS/c1-9-5-3(2-7)4(6)8-10-5/h1H3. The second-order valence-electron chi connectivity index (χ2n) is 1.45. The van der Waals surface area contributed by atoms with Crippen molar-refractivity contribution in [2.24, 2.45) is 0 Å². The van der Waals surface area contributed by atoms with E-state index in [-0.39, 0.29) is 5.15 Å². The molecular weight excluding hydrogens is 172 g/mol. The van der Waals surface area contributed by atoms with Crippen LogP contribution in [0, 0.1) is 11.3 Å². The lowest BCUT2D eigenvalue weighted by Crippen LogP contribution is -1.80. The molecule has 0 aliphatic carbocycles. The van der Waals surface area contributed by atoms with Crippen molar-refractivity contribution in [3.8, 4) is 11.1 Å². The normalized spacial score (nSPS) is 8.90. The van der Waals surface area contributed by atoms with Crippen LogP contribution in [0.3, 0.4) is 0 Å². The Labute approximate surface area is 67.0 Å². The summed E-state index contributed by atoms with van der Waals surface area (Å²) in [7, 11) is 1.48. The Bertz CT molecular complexity index is 278. The molecule has 1 rings (SSSR count). The Kier molecular flexibility index (Phi) is 2.10. The molecule has 0 unspecified atom stereocenters. The van der Waals surface area contributed by atoms with E-state index in [1.807, 2.05) is 6.07 Å². The van der Waals surface area contributed by atoms with E-state index in [2.05, 4.69) is 4.37 Å². The largest absolute Gasteiger partial charge is 0.485 e. The molecule has 0 aliphatic heterocycles. The van der Waals surface area contributed by atoms with Crippen LogP contribution in [0.4, 0.5) is 0 Å². The molecule has 0 saturated heterocycles. The van der Waals surface area contributed by atoms with Crippen LogP contribution in [0.1, 0.15) is 5.56 Å². The highest BCUT2D eigenvalue weighted by atomic mass is 35.5. The molecule has 0 aromatic carbocycles. The highest BCUT2D eigenvalue weighted by Gasteiger charge is 2.10. The van der Waals surface area contributed by atoms with Crippen molar-refractivity contribution in [1.82, 2.24) is 4.37 Å². The minimum atomic E-state index is 0.212. The molecule has 0 atom stereocenters. The Morgan fingerprint density at radius 1 is 1.80 bits per heavy atom. The van der Waals surface area contributed by atoms with Crippen molar-refractivity contribution in [1.29, 1.82) is 5.26 Å². The topological polar surface area (TPSA) is 45.9 Å². The van der Waals surface area contributed by atoms with Gasteiger partial charge in [-0.05, 0) is 0 Å². The number of nitrogens with zero attached hydrogens (tertiary/aromatic N) is 2. The third-order valence-electron chi connectivity index (χ3n) is 0.916. The Hall–Kier alpha value is -0.790. The van der Waals surface area contributed by atoms with Gasteiger partial charge in [-0.2, -0.15) is 9.64 Å². The summed E-state index contributed by atoms with van der Waals surface area (Å²) in [5.41, 5.74) is 0.314. The van der Waals surface area contributed by atoms with Crippen LogP contribution < -0.4 is 4.74 Å². The maximum absolute atomic E-state index is 8.47. The number of aromatic nitrogens is 1. The Morgan fingerprint density at radius 3 is 2.90 bits per heavy atom. The minimum Gasteiger partial charge on any atom is -0.485 e. The van der Waals surface area contributed by atoms with Gasteiger partial charge in [-0.3, -0.25) is 0 Å². The maximum atomic E-state index is 8.47. The molecule has 1 aromatic heterocycles. The maximum Gasteiger partial charge on any atom is 0.212 e. The number of rotatable bonds is 1. The predicted molar refractivity (Wildman–Crippen MR) is 38.4 cm³/mol. The first-order valence-electron chi connectivity index (χ1n) is 2.39. The van der Waals surface area contributed by atoms with E-state index in [0.717, 1.165) is 11.5 Å². The summed E-state index contributed by atoms with van der Waals surface area (Å²) in [6.45, 7) is 0. The summed E-state index contributed by atoms with van der Waals surface area (Å²) in [5.74, 6) is 0. The summed E-state index contributed by atoms with van der Waals surface area (Å²) < 4.78 is 8.52. The predicted octanol–water partition coefficient (Wildman–Crippen LogP) is 1.68. The zero-order valence-corrected chi connectivity index (χ0v) is 6.66. The van der Waals surface area contributed by atoms with Crippen molar-refractivity contribution in [3.05, 3.63) is 10.7 Å². The molecule has 0 radical (unpaired) electrons. The van der Waals surface area contributed by atoms with Crippen LogP contribution in [0.25, 0.3) is 0 Å². The summed E-state index contributed by atoms with van der Waals surface area (Å²) in [6.07, 6.45) is 0. The lowest BCUT2D eigenvalue weighted by Gasteiger charge is -1.89. The van der Waals surface area contributed by atoms with Crippen molar-refractivity contribution in [2.75, 3.05) is 7.11 Å². The summed E-state index contributed by atoms with van der Waals surface area (Å²) in [6, 6.07) is 1.89. The molecule has 0 fully saturated rings. The molecule has 0 saturated carbocycles. The highest BCUT2D eigenvalue weighted by Crippen LogP contribution is 2.28. The number of halogens is 1. The zero-order chi connectivity index (χ0) is 7.56. The van der Waals surface area contributed by atoms with Gasteiger partial charge in [0.05, 0.1) is 7.11 Å². The highest BCUT2D eigenvalue weighted by molar-refractivity contribution is 7.08. The lowest BCUT2D eigenvalue weighted by atomic mass is 10.4. The molecule has 10 heavy (non-hydrogen) atoms. The van der Waals surface area contributed by atoms with Gasteiger partial charge in [0, 0.05) is 11.5 Å². The van der Waals surface area contributed by atoms with E-state index < -0.39 is 0 Å². The van der Waals surface area contributed by atoms with Gasteiger partial charge in [-0.25, -0.2) is 0 Å². The van der Waals surface area contributed by atoms with Crippen LogP contribution in [0.5, 0.6) is 5.06 Å². The molecular formula is C5H3ClN2OS. The lowest BCUT2D eigenvalue weighted by molar-refractivity contribution is 0.426. The van der Waals surface area contributed by atoms with Crippen molar-refractivity contribution >= 4 is 23.1 Å². The molecule has 0 N–H and O–H groups in total. The average molecular weight is 175 g/mol. The van der Waals surface area contributed by atoms with Gasteiger partial charge < -0.3 is 4.74 Å². The molecule has 0 bridgehead atoms. The molecule has 5 heteroatoms. The number of hydrogen-bond acceptors (Lipinski definition) is 4. The summed E-state index contributed by atoms with van der Waals surface area (Å²) >= 11 is 6.59. The number of ether oxygens (including phenoxy) is 1. The fourth-order valence-electron chi connectivity index (χ4n) is 0.488. The molecule has 0 aliphatic rings. The van der Waals surface area contributed by atoms with Crippen molar-refractivity contribution in [2.45, 2.75) is 0 Å². The van der Waals surface area contributed by atoms with Gasteiger partial charge in [0.1, 0.15) is 11.6 Å². The molecule has 1 aromatic rings. The van der Waals surface area contributed by atoms with E-state index in [1.54, 1.807) is 0 Å². The van der Waals surface area contributed by atoms with E-state index in [4.69, 9.17) is 21.6 Å². The quantitative estimate of drug-likeness (QED) is 0.651. The molecule has 3 nitrogen and oxygen atoms in total. The van der Waals surface area contributed by atoms with Gasteiger partial charge in [-0.15, -0.1) is 0 Å². The molecule has 0 amide bonds. The number of nitriles is 1. The smallest absolute Gasteiger partial charge is 0.212 e. The second kappa shape index (κ2) is 2.86. The first-order chi connectivity index (χ1) is 4.79. The molecule has 0 spiro atoms. The number of methoxy groups -OCH3 is 1. The minimum absolute atomic E-state index is 0.212.